The molecule has 1 unspecified atom stereocenters. The summed E-state index contributed by atoms with van der Waals surface area (Å²) in [6.45, 7) is 0. The maximum atomic E-state index is 11.4. The van der Waals surface area contributed by atoms with Gasteiger partial charge in [-0.2, -0.15) is 0 Å². The summed E-state index contributed by atoms with van der Waals surface area (Å²) in [4.78, 5) is 1.53. The van der Waals surface area contributed by atoms with E-state index in [0.717, 1.165) is 18.7 Å². The van der Waals surface area contributed by atoms with E-state index in [4.69, 9.17) is 0 Å². The van der Waals surface area contributed by atoms with Crippen molar-refractivity contribution in [3.8, 4) is 0 Å². The average molecular weight is 489 g/mol. The van der Waals surface area contributed by atoms with Gasteiger partial charge in [0.2, 0.25) is 0 Å². The summed E-state index contributed by atoms with van der Waals surface area (Å²) in [5, 5.41) is 0. The van der Waals surface area contributed by atoms with Gasteiger partial charge in [-0.15, -0.1) is 11.3 Å². The highest BCUT2D eigenvalue weighted by Gasteiger charge is 2.16. The summed E-state index contributed by atoms with van der Waals surface area (Å²) < 4.78 is 24.9. The van der Waals surface area contributed by atoms with Gasteiger partial charge in [-0.1, -0.05) is 28.1 Å². The third-order valence-corrected chi connectivity index (χ3v) is 8.29. The Morgan fingerprint density at radius 3 is 2.16 bits per heavy atom. The molecule has 102 valence electrons. The van der Waals surface area contributed by atoms with Crippen molar-refractivity contribution in [1.29, 1.82) is 0 Å². The van der Waals surface area contributed by atoms with E-state index in [1.165, 1.54) is 6.26 Å². The van der Waals surface area contributed by atoms with Crippen molar-refractivity contribution in [1.82, 2.24) is 0 Å². The molecule has 1 heterocycles. The first-order valence-electron chi connectivity index (χ1n) is 5.18. The molecular formula is C12H9Br3O2S2. The van der Waals surface area contributed by atoms with E-state index in [-0.39, 0.29) is 4.83 Å². The standard InChI is InChI=1S/C12H9Br3O2S2/c1-19(16,17)8-4-2-7(3-5-8)11(14)10-6-9(13)12(15)18-10/h2-6,11H,1H3. The SMILES string of the molecule is CS(=O)(=O)c1ccc(C(Br)c2cc(Br)c(Br)s2)cc1. The van der Waals surface area contributed by atoms with E-state index in [9.17, 15) is 8.42 Å². The van der Waals surface area contributed by atoms with Crippen molar-refractivity contribution in [3.05, 3.63) is 49.0 Å². The van der Waals surface area contributed by atoms with Crippen LogP contribution in [0.15, 0.2) is 43.5 Å². The Labute approximate surface area is 141 Å². The Kier molecular flexibility index (Phi) is 4.93. The second-order valence-corrected chi connectivity index (χ2v) is 10.2. The van der Waals surface area contributed by atoms with Crippen molar-refractivity contribution in [3.63, 3.8) is 0 Å². The number of hydrogen-bond donors (Lipinski definition) is 0. The molecule has 0 saturated heterocycles. The molecule has 2 rings (SSSR count). The van der Waals surface area contributed by atoms with Crippen LogP contribution in [0.3, 0.4) is 0 Å². The number of benzene rings is 1. The van der Waals surface area contributed by atoms with Gasteiger partial charge in [0.1, 0.15) is 0 Å². The highest BCUT2D eigenvalue weighted by Crippen LogP contribution is 2.41. The number of thiophene rings is 1. The van der Waals surface area contributed by atoms with E-state index in [1.807, 2.05) is 18.2 Å². The summed E-state index contributed by atoms with van der Waals surface area (Å²) in [6, 6.07) is 8.97. The molecule has 0 N–H and O–H groups in total. The third-order valence-electron chi connectivity index (χ3n) is 2.51. The molecule has 0 radical (unpaired) electrons. The maximum absolute atomic E-state index is 11.4. The van der Waals surface area contributed by atoms with Crippen LogP contribution in [-0.4, -0.2) is 14.7 Å². The smallest absolute Gasteiger partial charge is 0.175 e. The molecule has 0 saturated carbocycles. The lowest BCUT2D eigenvalue weighted by atomic mass is 10.1. The van der Waals surface area contributed by atoms with Gasteiger partial charge in [0.05, 0.1) is 13.5 Å². The molecule has 1 aromatic carbocycles. The van der Waals surface area contributed by atoms with Crippen LogP contribution in [0.2, 0.25) is 0 Å². The lowest BCUT2D eigenvalue weighted by Crippen LogP contribution is -1.97. The van der Waals surface area contributed by atoms with Gasteiger partial charge < -0.3 is 0 Å². The molecule has 0 aliphatic heterocycles. The molecule has 0 fully saturated rings. The van der Waals surface area contributed by atoms with Crippen molar-refractivity contribution < 1.29 is 8.42 Å². The van der Waals surface area contributed by atoms with E-state index < -0.39 is 9.84 Å². The zero-order chi connectivity index (χ0) is 14.2. The molecule has 19 heavy (non-hydrogen) atoms. The Bertz CT molecular complexity index is 671. The van der Waals surface area contributed by atoms with Gasteiger partial charge >= 0.3 is 0 Å². The first-order valence-corrected chi connectivity index (χ1v) is 10.4. The first kappa shape index (κ1) is 15.7. The minimum absolute atomic E-state index is 0.0497. The van der Waals surface area contributed by atoms with E-state index in [2.05, 4.69) is 47.8 Å². The Hall–Kier alpha value is 0.310. The summed E-state index contributed by atoms with van der Waals surface area (Å²) in [5.74, 6) is 0. The van der Waals surface area contributed by atoms with Crippen molar-refractivity contribution in [2.45, 2.75) is 9.72 Å². The quantitative estimate of drug-likeness (QED) is 0.559. The fraction of sp³-hybridized carbons (Fsp3) is 0.167. The fourth-order valence-corrected chi connectivity index (χ4v) is 4.98. The molecule has 0 amide bonds. The van der Waals surface area contributed by atoms with Crippen molar-refractivity contribution in [2.75, 3.05) is 6.26 Å². The predicted octanol–water partition coefficient (Wildman–Crippen LogP) is 5.16. The third kappa shape index (κ3) is 3.69. The Morgan fingerprint density at radius 1 is 1.16 bits per heavy atom. The van der Waals surface area contributed by atoms with Crippen LogP contribution in [0.1, 0.15) is 15.3 Å². The fourth-order valence-electron chi connectivity index (χ4n) is 1.54. The highest BCUT2D eigenvalue weighted by atomic mass is 79.9. The van der Waals surface area contributed by atoms with Crippen molar-refractivity contribution in [2.24, 2.45) is 0 Å². The molecule has 7 heteroatoms. The lowest BCUT2D eigenvalue weighted by Gasteiger charge is -2.08. The van der Waals surface area contributed by atoms with Crippen LogP contribution >= 0.6 is 59.1 Å². The molecular weight excluding hydrogens is 480 g/mol. The number of rotatable bonds is 3. The molecule has 2 aromatic rings. The summed E-state index contributed by atoms with van der Waals surface area (Å²) >= 11 is 12.2. The molecule has 0 bridgehead atoms. The number of hydrogen-bond acceptors (Lipinski definition) is 3. The molecule has 0 aliphatic carbocycles. The topological polar surface area (TPSA) is 34.1 Å². The van der Waals surface area contributed by atoms with Crippen LogP contribution in [0.4, 0.5) is 0 Å². The first-order chi connectivity index (χ1) is 8.79. The molecule has 1 atom stereocenters. The largest absolute Gasteiger partial charge is 0.224 e. The van der Waals surface area contributed by atoms with Crippen LogP contribution in [0.5, 0.6) is 0 Å². The van der Waals surface area contributed by atoms with Crippen LogP contribution in [-0.2, 0) is 9.84 Å². The zero-order valence-electron chi connectivity index (χ0n) is 9.73. The van der Waals surface area contributed by atoms with Crippen LogP contribution < -0.4 is 0 Å². The zero-order valence-corrected chi connectivity index (χ0v) is 16.1. The summed E-state index contributed by atoms with van der Waals surface area (Å²) in [5.41, 5.74) is 1.02. The maximum Gasteiger partial charge on any atom is 0.175 e. The second-order valence-electron chi connectivity index (χ2n) is 3.97. The summed E-state index contributed by atoms with van der Waals surface area (Å²) in [7, 11) is -3.14. The van der Waals surface area contributed by atoms with E-state index >= 15 is 0 Å². The number of alkyl halides is 1. The normalized spacial score (nSPS) is 13.5. The number of halogens is 3. The predicted molar refractivity (Wildman–Crippen MR) is 90.0 cm³/mol. The van der Waals surface area contributed by atoms with Gasteiger partial charge in [0, 0.05) is 15.6 Å². The Balaban J connectivity index is 2.32. The highest BCUT2D eigenvalue weighted by molar-refractivity contribution is 9.13. The van der Waals surface area contributed by atoms with Crippen molar-refractivity contribution >= 4 is 69.0 Å². The molecule has 2 nitrogen and oxygen atoms in total. The number of sulfone groups is 1. The minimum atomic E-state index is -3.14. The summed E-state index contributed by atoms with van der Waals surface area (Å²) in [6.07, 6.45) is 1.21. The van der Waals surface area contributed by atoms with Gasteiger partial charge in [-0.3, -0.25) is 0 Å². The van der Waals surface area contributed by atoms with E-state index in [1.54, 1.807) is 23.5 Å². The second kappa shape index (κ2) is 5.97. The molecule has 0 spiro atoms. The van der Waals surface area contributed by atoms with E-state index in [0.29, 0.717) is 4.90 Å². The van der Waals surface area contributed by atoms with Gasteiger partial charge in [0.25, 0.3) is 0 Å². The Morgan fingerprint density at radius 2 is 1.74 bits per heavy atom. The molecule has 0 aliphatic rings. The molecule has 1 aromatic heterocycles. The monoisotopic (exact) mass is 486 g/mol. The minimum Gasteiger partial charge on any atom is -0.224 e. The van der Waals surface area contributed by atoms with Gasteiger partial charge in [-0.25, -0.2) is 8.42 Å². The van der Waals surface area contributed by atoms with Gasteiger partial charge in [0.15, 0.2) is 9.84 Å². The average Bonchev–Trinajstić information content (AvgIpc) is 2.68. The van der Waals surface area contributed by atoms with Crippen LogP contribution in [0.25, 0.3) is 0 Å². The van der Waals surface area contributed by atoms with Gasteiger partial charge in [-0.05, 0) is 55.6 Å². The van der Waals surface area contributed by atoms with Crippen LogP contribution in [0, 0.1) is 0 Å². The lowest BCUT2D eigenvalue weighted by molar-refractivity contribution is 0.602.